The van der Waals surface area contributed by atoms with E-state index >= 15 is 0 Å². The van der Waals surface area contributed by atoms with Gasteiger partial charge in [-0.1, -0.05) is 0 Å². The minimum atomic E-state index is 0.132. The molecule has 0 amide bonds. The summed E-state index contributed by atoms with van der Waals surface area (Å²) in [5.74, 6) is 0. The van der Waals surface area contributed by atoms with Gasteiger partial charge in [-0.05, 0) is 0 Å². The van der Waals surface area contributed by atoms with E-state index in [9.17, 15) is 0 Å². The van der Waals surface area contributed by atoms with E-state index in [-0.39, 0.29) is 6.61 Å². The number of hydrogen-bond acceptors (Lipinski definition) is 1. The van der Waals surface area contributed by atoms with Crippen molar-refractivity contribution in [3.8, 4) is 0 Å². The molecule has 0 aromatic rings. The second kappa shape index (κ2) is 4.23. The van der Waals surface area contributed by atoms with E-state index in [1.54, 1.807) is 11.0 Å². The van der Waals surface area contributed by atoms with Crippen LogP contribution in [0.2, 0.25) is 0 Å². The summed E-state index contributed by atoms with van der Waals surface area (Å²) in [5, 5.41) is 7.96. The first kappa shape index (κ1) is 5.23. The molecule has 5 heavy (non-hydrogen) atoms. The van der Waals surface area contributed by atoms with Gasteiger partial charge in [-0.3, -0.25) is 0 Å². The zero-order chi connectivity index (χ0) is 4.12. The number of aliphatic hydroxyl groups is 1. The average Bonchev–Trinajstić information content (AvgIpc) is 1.41. The molecule has 0 spiro atoms. The first-order valence-electron chi connectivity index (χ1n) is 1.29. The van der Waals surface area contributed by atoms with Crippen LogP contribution in [-0.2, 0) is 16.3 Å². The molecule has 0 radical (unpaired) electrons. The van der Waals surface area contributed by atoms with Gasteiger partial charge in [-0.25, -0.2) is 0 Å². The Morgan fingerprint density at radius 2 is 2.40 bits per heavy atom. The van der Waals surface area contributed by atoms with Crippen LogP contribution in [0.3, 0.4) is 0 Å². The Kier molecular flexibility index (Phi) is 4.43. The Morgan fingerprint density at radius 3 is 2.40 bits per heavy atom. The maximum atomic E-state index is 7.96. The van der Waals surface area contributed by atoms with Crippen molar-refractivity contribution in [3.05, 3.63) is 11.0 Å². The summed E-state index contributed by atoms with van der Waals surface area (Å²) in [4.78, 5) is 1.68. The van der Waals surface area contributed by atoms with Gasteiger partial charge >= 0.3 is 39.0 Å². The summed E-state index contributed by atoms with van der Waals surface area (Å²) in [6.07, 6.45) is 1.62. The van der Waals surface area contributed by atoms with Gasteiger partial charge in [-0.15, -0.1) is 0 Å². The summed E-state index contributed by atoms with van der Waals surface area (Å²) in [5.41, 5.74) is 0. The predicted molar refractivity (Wildman–Crippen MR) is 16.2 cm³/mol. The van der Waals surface area contributed by atoms with Crippen molar-refractivity contribution in [1.29, 1.82) is 0 Å². The first-order valence-corrected chi connectivity index (χ1v) is 2.03. The Balaban J connectivity index is 2.62. The van der Waals surface area contributed by atoms with Crippen molar-refractivity contribution in [2.24, 2.45) is 0 Å². The second-order valence-corrected chi connectivity index (χ2v) is 0.979. The van der Waals surface area contributed by atoms with Crippen LogP contribution < -0.4 is 0 Å². The molecule has 0 aliphatic heterocycles. The van der Waals surface area contributed by atoms with Crippen LogP contribution >= 0.6 is 0 Å². The van der Waals surface area contributed by atoms with E-state index < -0.39 is 0 Å². The van der Waals surface area contributed by atoms with Crippen molar-refractivity contribution in [2.45, 2.75) is 0 Å². The Hall–Kier alpha value is 0.232. The van der Waals surface area contributed by atoms with Gasteiger partial charge in [0.15, 0.2) is 0 Å². The van der Waals surface area contributed by atoms with Crippen LogP contribution in [0.25, 0.3) is 0 Å². The summed E-state index contributed by atoms with van der Waals surface area (Å²) in [6.45, 7) is 0.132. The zero-order valence-corrected chi connectivity index (χ0v) is 3.99. The Morgan fingerprint density at radius 1 is 1.80 bits per heavy atom. The quantitative estimate of drug-likeness (QED) is 0.504. The van der Waals surface area contributed by atoms with Crippen LogP contribution in [0.15, 0.2) is 11.0 Å². The van der Waals surface area contributed by atoms with Gasteiger partial charge in [0.25, 0.3) is 0 Å². The molecule has 29 valence electrons. The molecule has 0 saturated carbocycles. The molecular weight excluding hydrogens is 104 g/mol. The van der Waals surface area contributed by atoms with Gasteiger partial charge in [0.1, 0.15) is 0 Å². The van der Waals surface area contributed by atoms with E-state index in [0.717, 1.165) is 0 Å². The Labute approximate surface area is 39.7 Å². The van der Waals surface area contributed by atoms with Gasteiger partial charge in [0, 0.05) is 0 Å². The summed E-state index contributed by atoms with van der Waals surface area (Å²) >= 11 is 2.60. The van der Waals surface area contributed by atoms with Crippen molar-refractivity contribution in [1.82, 2.24) is 0 Å². The molecular formula is C3H5CrO. The van der Waals surface area contributed by atoms with Crippen molar-refractivity contribution in [3.63, 3.8) is 0 Å². The third-order valence-electron chi connectivity index (χ3n) is 0.202. The Bertz CT molecular complexity index is 33.9. The normalized spacial score (nSPS) is 9.80. The third kappa shape index (κ3) is 4.23. The molecule has 2 heteroatoms. The molecule has 0 rings (SSSR count). The molecule has 1 nitrogen and oxygen atoms in total. The van der Waals surface area contributed by atoms with Crippen LogP contribution in [0, 0.1) is 0 Å². The molecule has 0 unspecified atom stereocenters. The monoisotopic (exact) mass is 109 g/mol. The average molecular weight is 109 g/mol. The molecule has 0 aliphatic rings. The predicted octanol–water partition coefficient (Wildman–Crippen LogP) is 0.0392. The maximum absolute atomic E-state index is 7.96. The molecule has 1 N–H and O–H groups in total. The zero-order valence-electron chi connectivity index (χ0n) is 2.72. The standard InChI is InChI=1S/C3H5O.Cr/c1-2-3-4;/h1-2,4H,3H2;. The van der Waals surface area contributed by atoms with Gasteiger partial charge < -0.3 is 0 Å². The van der Waals surface area contributed by atoms with Crippen LogP contribution in [0.5, 0.6) is 0 Å². The van der Waals surface area contributed by atoms with E-state index in [4.69, 9.17) is 5.11 Å². The van der Waals surface area contributed by atoms with Crippen LogP contribution in [-0.4, -0.2) is 11.7 Å². The molecule has 0 aliphatic carbocycles. The fourth-order valence-corrected chi connectivity index (χ4v) is 0.177. The van der Waals surface area contributed by atoms with Gasteiger partial charge in [0.2, 0.25) is 0 Å². The van der Waals surface area contributed by atoms with Crippen molar-refractivity contribution < 1.29 is 21.4 Å². The summed E-state index contributed by atoms with van der Waals surface area (Å²) in [7, 11) is 0. The topological polar surface area (TPSA) is 20.2 Å². The van der Waals surface area contributed by atoms with E-state index in [1.165, 1.54) is 0 Å². The van der Waals surface area contributed by atoms with E-state index in [0.29, 0.717) is 0 Å². The second-order valence-electron chi connectivity index (χ2n) is 0.554. The fraction of sp³-hybridized carbons (Fsp3) is 0.333. The molecule has 0 heterocycles. The summed E-state index contributed by atoms with van der Waals surface area (Å²) in [6, 6.07) is 0. The SMILES string of the molecule is OCC=[CH][Cr]. The van der Waals surface area contributed by atoms with E-state index in [2.05, 4.69) is 16.3 Å². The van der Waals surface area contributed by atoms with Gasteiger partial charge in [0.05, 0.1) is 0 Å². The molecule has 0 saturated heterocycles. The number of hydrogen-bond donors (Lipinski definition) is 1. The first-order chi connectivity index (χ1) is 2.41. The van der Waals surface area contributed by atoms with Gasteiger partial charge in [-0.2, -0.15) is 0 Å². The molecule has 0 aromatic carbocycles. The van der Waals surface area contributed by atoms with Crippen LogP contribution in [0.1, 0.15) is 0 Å². The molecule has 0 atom stereocenters. The third-order valence-corrected chi connectivity index (χ3v) is 0.502. The van der Waals surface area contributed by atoms with Crippen molar-refractivity contribution in [2.75, 3.05) is 6.61 Å². The molecule has 0 fully saturated rings. The van der Waals surface area contributed by atoms with E-state index in [1.807, 2.05) is 0 Å². The minimum absolute atomic E-state index is 0.132. The van der Waals surface area contributed by atoms with Crippen molar-refractivity contribution >= 4 is 0 Å². The van der Waals surface area contributed by atoms with Crippen LogP contribution in [0.4, 0.5) is 0 Å². The fourth-order valence-electron chi connectivity index (χ4n) is 0.0430. The molecule has 0 bridgehead atoms. The number of aliphatic hydroxyl groups excluding tert-OH is 1. The summed E-state index contributed by atoms with van der Waals surface area (Å²) < 4.78 is 0. The number of rotatable bonds is 1. The molecule has 0 aromatic heterocycles.